The SMILES string of the molecule is Cc1cc([N+](=O)[O-])cnc1NC1CCCC1CCO. The van der Waals surface area contributed by atoms with Crippen molar-refractivity contribution in [3.05, 3.63) is 27.9 Å². The summed E-state index contributed by atoms with van der Waals surface area (Å²) in [6.07, 6.45) is 5.40. The fourth-order valence-corrected chi connectivity index (χ4v) is 2.72. The predicted octanol–water partition coefficient (Wildman–Crippen LogP) is 2.26. The number of hydrogen-bond acceptors (Lipinski definition) is 5. The van der Waals surface area contributed by atoms with Crippen LogP contribution in [0, 0.1) is 23.0 Å². The molecule has 1 aromatic heterocycles. The number of nitro groups is 1. The Morgan fingerprint density at radius 1 is 1.58 bits per heavy atom. The Kier molecular flexibility index (Phi) is 4.31. The zero-order chi connectivity index (χ0) is 13.8. The summed E-state index contributed by atoms with van der Waals surface area (Å²) in [6.45, 7) is 2.02. The summed E-state index contributed by atoms with van der Waals surface area (Å²) in [5.41, 5.74) is 0.797. The first-order valence-electron chi connectivity index (χ1n) is 6.60. The Morgan fingerprint density at radius 2 is 2.37 bits per heavy atom. The molecule has 1 aromatic rings. The quantitative estimate of drug-likeness (QED) is 0.629. The van der Waals surface area contributed by atoms with Crippen LogP contribution in [-0.2, 0) is 0 Å². The van der Waals surface area contributed by atoms with Gasteiger partial charge in [0.1, 0.15) is 12.0 Å². The molecule has 2 rings (SSSR count). The van der Waals surface area contributed by atoms with E-state index < -0.39 is 4.92 Å². The molecule has 6 nitrogen and oxygen atoms in total. The lowest BCUT2D eigenvalue weighted by Gasteiger charge is -2.21. The Hall–Kier alpha value is -1.69. The Morgan fingerprint density at radius 3 is 3.00 bits per heavy atom. The van der Waals surface area contributed by atoms with Crippen LogP contribution in [0.25, 0.3) is 0 Å². The number of aryl methyl sites for hydroxylation is 1. The maximum atomic E-state index is 10.7. The third-order valence-electron chi connectivity index (χ3n) is 3.76. The van der Waals surface area contributed by atoms with Crippen molar-refractivity contribution in [2.45, 2.75) is 38.6 Å². The highest BCUT2D eigenvalue weighted by atomic mass is 16.6. The average molecular weight is 265 g/mol. The van der Waals surface area contributed by atoms with Gasteiger partial charge in [-0.05, 0) is 37.7 Å². The smallest absolute Gasteiger partial charge is 0.287 e. The first-order chi connectivity index (χ1) is 9.11. The van der Waals surface area contributed by atoms with E-state index in [9.17, 15) is 10.1 Å². The van der Waals surface area contributed by atoms with Gasteiger partial charge in [-0.1, -0.05) is 6.42 Å². The molecule has 0 spiro atoms. The van der Waals surface area contributed by atoms with Gasteiger partial charge >= 0.3 is 0 Å². The van der Waals surface area contributed by atoms with Crippen molar-refractivity contribution in [1.82, 2.24) is 4.98 Å². The van der Waals surface area contributed by atoms with Crippen LogP contribution in [0.1, 0.15) is 31.2 Å². The van der Waals surface area contributed by atoms with Crippen molar-refractivity contribution in [3.63, 3.8) is 0 Å². The number of aromatic nitrogens is 1. The average Bonchev–Trinajstić information content (AvgIpc) is 2.79. The molecule has 19 heavy (non-hydrogen) atoms. The number of pyridine rings is 1. The second-order valence-corrected chi connectivity index (χ2v) is 5.07. The third-order valence-corrected chi connectivity index (χ3v) is 3.76. The van der Waals surface area contributed by atoms with E-state index in [1.54, 1.807) is 0 Å². The fourth-order valence-electron chi connectivity index (χ4n) is 2.72. The summed E-state index contributed by atoms with van der Waals surface area (Å²) in [6, 6.07) is 1.84. The number of aliphatic hydroxyl groups is 1. The lowest BCUT2D eigenvalue weighted by molar-refractivity contribution is -0.385. The zero-order valence-electron chi connectivity index (χ0n) is 11.0. The molecule has 0 aliphatic heterocycles. The lowest BCUT2D eigenvalue weighted by Crippen LogP contribution is -2.25. The molecule has 1 aliphatic rings. The molecule has 2 unspecified atom stereocenters. The Bertz CT molecular complexity index is 464. The summed E-state index contributed by atoms with van der Waals surface area (Å²) in [4.78, 5) is 14.4. The number of hydrogen-bond donors (Lipinski definition) is 2. The minimum absolute atomic E-state index is 0.0152. The molecule has 2 atom stereocenters. The molecule has 1 fully saturated rings. The maximum absolute atomic E-state index is 10.7. The zero-order valence-corrected chi connectivity index (χ0v) is 11.0. The minimum atomic E-state index is -0.437. The number of aliphatic hydroxyl groups excluding tert-OH is 1. The van der Waals surface area contributed by atoms with Gasteiger partial charge in [-0.15, -0.1) is 0 Å². The van der Waals surface area contributed by atoms with E-state index in [1.807, 2.05) is 6.92 Å². The lowest BCUT2D eigenvalue weighted by atomic mass is 10.00. The molecule has 1 saturated carbocycles. The van der Waals surface area contributed by atoms with Crippen molar-refractivity contribution in [1.29, 1.82) is 0 Å². The van der Waals surface area contributed by atoms with Crippen LogP contribution in [-0.4, -0.2) is 27.7 Å². The van der Waals surface area contributed by atoms with E-state index in [0.717, 1.165) is 31.2 Å². The van der Waals surface area contributed by atoms with Gasteiger partial charge < -0.3 is 10.4 Å². The van der Waals surface area contributed by atoms with Gasteiger partial charge in [-0.25, -0.2) is 4.98 Å². The van der Waals surface area contributed by atoms with Crippen LogP contribution in [0.4, 0.5) is 11.5 Å². The first-order valence-corrected chi connectivity index (χ1v) is 6.60. The Labute approximate surface area is 112 Å². The molecular formula is C13H19N3O3. The molecule has 0 amide bonds. The summed E-state index contributed by atoms with van der Waals surface area (Å²) in [5, 5.41) is 23.1. The summed E-state index contributed by atoms with van der Waals surface area (Å²) >= 11 is 0. The van der Waals surface area contributed by atoms with Gasteiger partial charge in [-0.2, -0.15) is 0 Å². The molecule has 2 N–H and O–H groups in total. The number of nitrogens with zero attached hydrogens (tertiary/aromatic N) is 2. The molecule has 0 saturated heterocycles. The standard InChI is InChI=1S/C13H19N3O3/c1-9-7-11(16(18)19)8-14-13(9)15-12-4-2-3-10(12)5-6-17/h7-8,10,12,17H,2-6H2,1H3,(H,14,15). The van der Waals surface area contributed by atoms with Crippen LogP contribution >= 0.6 is 0 Å². The highest BCUT2D eigenvalue weighted by molar-refractivity contribution is 5.49. The highest BCUT2D eigenvalue weighted by Crippen LogP contribution is 2.31. The highest BCUT2D eigenvalue weighted by Gasteiger charge is 2.27. The molecule has 1 heterocycles. The van der Waals surface area contributed by atoms with Crippen LogP contribution in [0.15, 0.2) is 12.3 Å². The normalized spacial score (nSPS) is 22.4. The van der Waals surface area contributed by atoms with Crippen LogP contribution in [0.2, 0.25) is 0 Å². The predicted molar refractivity (Wildman–Crippen MR) is 72.1 cm³/mol. The van der Waals surface area contributed by atoms with Gasteiger partial charge in [0.05, 0.1) is 4.92 Å². The van der Waals surface area contributed by atoms with E-state index >= 15 is 0 Å². The summed E-state index contributed by atoms with van der Waals surface area (Å²) in [5.74, 6) is 1.17. The summed E-state index contributed by atoms with van der Waals surface area (Å²) in [7, 11) is 0. The van der Waals surface area contributed by atoms with E-state index in [2.05, 4.69) is 10.3 Å². The third kappa shape index (κ3) is 3.20. The van der Waals surface area contributed by atoms with Crippen molar-refractivity contribution in [3.8, 4) is 0 Å². The van der Waals surface area contributed by atoms with Crippen LogP contribution < -0.4 is 5.32 Å². The van der Waals surface area contributed by atoms with E-state index in [0.29, 0.717) is 17.8 Å². The number of rotatable bonds is 5. The van der Waals surface area contributed by atoms with Gasteiger partial charge in [0.15, 0.2) is 0 Å². The van der Waals surface area contributed by atoms with E-state index in [-0.39, 0.29) is 12.3 Å². The molecular weight excluding hydrogens is 246 g/mol. The maximum Gasteiger partial charge on any atom is 0.287 e. The molecule has 104 valence electrons. The number of nitrogens with one attached hydrogen (secondary N) is 1. The monoisotopic (exact) mass is 265 g/mol. The van der Waals surface area contributed by atoms with Crippen molar-refractivity contribution < 1.29 is 10.0 Å². The summed E-state index contributed by atoms with van der Waals surface area (Å²) < 4.78 is 0. The fraction of sp³-hybridized carbons (Fsp3) is 0.615. The van der Waals surface area contributed by atoms with Crippen molar-refractivity contribution >= 4 is 11.5 Å². The molecule has 6 heteroatoms. The van der Waals surface area contributed by atoms with E-state index in [4.69, 9.17) is 5.11 Å². The second kappa shape index (κ2) is 5.97. The van der Waals surface area contributed by atoms with Gasteiger partial charge in [0.2, 0.25) is 0 Å². The number of anilines is 1. The van der Waals surface area contributed by atoms with Crippen molar-refractivity contribution in [2.75, 3.05) is 11.9 Å². The van der Waals surface area contributed by atoms with Gasteiger partial charge in [-0.3, -0.25) is 10.1 Å². The van der Waals surface area contributed by atoms with Gasteiger partial charge in [0, 0.05) is 18.7 Å². The molecule has 1 aliphatic carbocycles. The second-order valence-electron chi connectivity index (χ2n) is 5.07. The molecule has 0 aromatic carbocycles. The van der Waals surface area contributed by atoms with Gasteiger partial charge in [0.25, 0.3) is 5.69 Å². The minimum Gasteiger partial charge on any atom is -0.396 e. The van der Waals surface area contributed by atoms with E-state index in [1.165, 1.54) is 12.3 Å². The van der Waals surface area contributed by atoms with Crippen LogP contribution in [0.5, 0.6) is 0 Å². The Balaban J connectivity index is 2.08. The first kappa shape index (κ1) is 13.7. The largest absolute Gasteiger partial charge is 0.396 e. The van der Waals surface area contributed by atoms with Crippen LogP contribution in [0.3, 0.4) is 0 Å². The molecule has 0 radical (unpaired) electrons. The topological polar surface area (TPSA) is 88.3 Å². The van der Waals surface area contributed by atoms with Crippen molar-refractivity contribution in [2.24, 2.45) is 5.92 Å². The molecule has 0 bridgehead atoms.